The number of rotatable bonds is 4. The minimum atomic E-state index is -3.64. The van der Waals surface area contributed by atoms with E-state index >= 15 is 0 Å². The maximum Gasteiger partial charge on any atom is 0.260 e. The van der Waals surface area contributed by atoms with Gasteiger partial charge in [0, 0.05) is 25.0 Å². The lowest BCUT2D eigenvalue weighted by atomic mass is 10.1. The molecule has 0 fully saturated rings. The number of nitrogens with zero attached hydrogens (tertiary/aromatic N) is 2. The number of hydrogen-bond donors (Lipinski definition) is 2. The summed E-state index contributed by atoms with van der Waals surface area (Å²) in [7, 11) is -1.93. The van der Waals surface area contributed by atoms with Crippen LogP contribution in [-0.2, 0) is 17.1 Å². The third-order valence-corrected chi connectivity index (χ3v) is 4.18. The molecule has 1 unspecified atom stereocenters. The van der Waals surface area contributed by atoms with Gasteiger partial charge in [0.2, 0.25) is 0 Å². The van der Waals surface area contributed by atoms with Crippen molar-refractivity contribution in [3.8, 4) is 0 Å². The van der Waals surface area contributed by atoms with E-state index in [1.165, 1.54) is 12.5 Å². The summed E-state index contributed by atoms with van der Waals surface area (Å²) in [6.07, 6.45) is 2.89. The standard InChI is InChI=1S/C12H16N4O2S/c1-9(10-5-3-4-6-11(10)13)15-19(17,18)12-7-16(2)8-14-12/h3-9,15H,13H2,1-2H3. The molecule has 19 heavy (non-hydrogen) atoms. The first-order valence-electron chi connectivity index (χ1n) is 5.75. The van der Waals surface area contributed by atoms with Gasteiger partial charge in [0.05, 0.1) is 6.33 Å². The van der Waals surface area contributed by atoms with E-state index in [1.54, 1.807) is 36.7 Å². The molecular weight excluding hydrogens is 264 g/mol. The lowest BCUT2D eigenvalue weighted by Gasteiger charge is -2.15. The molecule has 1 aromatic carbocycles. The molecule has 0 saturated heterocycles. The van der Waals surface area contributed by atoms with Crippen LogP contribution in [0, 0.1) is 0 Å². The van der Waals surface area contributed by atoms with Gasteiger partial charge in [0.1, 0.15) is 0 Å². The van der Waals surface area contributed by atoms with Crippen LogP contribution < -0.4 is 10.5 Å². The molecule has 1 aromatic heterocycles. The third-order valence-electron chi connectivity index (χ3n) is 2.75. The Labute approximate surface area is 112 Å². The van der Waals surface area contributed by atoms with E-state index in [9.17, 15) is 8.42 Å². The number of imidazole rings is 1. The quantitative estimate of drug-likeness (QED) is 0.819. The normalized spacial score (nSPS) is 13.4. The number of anilines is 1. The Kier molecular flexibility index (Phi) is 3.59. The highest BCUT2D eigenvalue weighted by Crippen LogP contribution is 2.21. The minimum absolute atomic E-state index is 0.00338. The maximum absolute atomic E-state index is 12.1. The van der Waals surface area contributed by atoms with Crippen molar-refractivity contribution in [3.05, 3.63) is 42.4 Å². The van der Waals surface area contributed by atoms with Crippen LogP contribution in [0.25, 0.3) is 0 Å². The van der Waals surface area contributed by atoms with E-state index in [4.69, 9.17) is 5.73 Å². The Morgan fingerprint density at radius 1 is 1.37 bits per heavy atom. The summed E-state index contributed by atoms with van der Waals surface area (Å²) in [5.74, 6) is 0. The van der Waals surface area contributed by atoms with E-state index in [0.717, 1.165) is 5.56 Å². The Hall–Kier alpha value is -1.86. The van der Waals surface area contributed by atoms with Crippen LogP contribution in [0.2, 0.25) is 0 Å². The molecule has 6 nitrogen and oxygen atoms in total. The van der Waals surface area contributed by atoms with E-state index < -0.39 is 16.1 Å². The van der Waals surface area contributed by atoms with E-state index in [-0.39, 0.29) is 5.03 Å². The second kappa shape index (κ2) is 5.02. The van der Waals surface area contributed by atoms with Gasteiger partial charge >= 0.3 is 0 Å². The molecule has 0 spiro atoms. The monoisotopic (exact) mass is 280 g/mol. The average Bonchev–Trinajstić information content (AvgIpc) is 2.76. The van der Waals surface area contributed by atoms with Gasteiger partial charge in [0.25, 0.3) is 10.0 Å². The summed E-state index contributed by atoms with van der Waals surface area (Å²) in [6, 6.07) is 6.73. The van der Waals surface area contributed by atoms with Crippen molar-refractivity contribution in [1.82, 2.24) is 14.3 Å². The molecular formula is C12H16N4O2S. The van der Waals surface area contributed by atoms with Crippen molar-refractivity contribution < 1.29 is 8.42 Å². The van der Waals surface area contributed by atoms with Crippen LogP contribution in [0.3, 0.4) is 0 Å². The Bertz CT molecular complexity index is 679. The Morgan fingerprint density at radius 2 is 2.05 bits per heavy atom. The van der Waals surface area contributed by atoms with Crippen LogP contribution in [0.15, 0.2) is 41.8 Å². The lowest BCUT2D eigenvalue weighted by Crippen LogP contribution is -2.27. The van der Waals surface area contributed by atoms with Crippen molar-refractivity contribution in [3.63, 3.8) is 0 Å². The Morgan fingerprint density at radius 3 is 2.63 bits per heavy atom. The molecule has 1 heterocycles. The number of para-hydroxylation sites is 1. The summed E-state index contributed by atoms with van der Waals surface area (Å²) in [6.45, 7) is 1.74. The molecule has 0 aliphatic heterocycles. The molecule has 2 aromatic rings. The zero-order valence-electron chi connectivity index (χ0n) is 10.7. The van der Waals surface area contributed by atoms with Crippen molar-refractivity contribution in [2.75, 3.05) is 5.73 Å². The molecule has 0 aliphatic carbocycles. The predicted octanol–water partition coefficient (Wildman–Crippen LogP) is 1.04. The minimum Gasteiger partial charge on any atom is -0.398 e. The first-order chi connectivity index (χ1) is 8.90. The highest BCUT2D eigenvalue weighted by Gasteiger charge is 2.21. The van der Waals surface area contributed by atoms with Gasteiger partial charge in [-0.3, -0.25) is 0 Å². The number of benzene rings is 1. The summed E-state index contributed by atoms with van der Waals surface area (Å²) < 4.78 is 28.4. The molecule has 102 valence electrons. The van der Waals surface area contributed by atoms with Gasteiger partial charge in [-0.25, -0.2) is 18.1 Å². The fraction of sp³-hybridized carbons (Fsp3) is 0.250. The van der Waals surface area contributed by atoms with Crippen LogP contribution in [0.5, 0.6) is 0 Å². The van der Waals surface area contributed by atoms with Crippen molar-refractivity contribution in [2.24, 2.45) is 7.05 Å². The predicted molar refractivity (Wildman–Crippen MR) is 72.8 cm³/mol. The van der Waals surface area contributed by atoms with Crippen LogP contribution in [0.4, 0.5) is 5.69 Å². The second-order valence-electron chi connectivity index (χ2n) is 4.35. The van der Waals surface area contributed by atoms with Crippen LogP contribution in [-0.4, -0.2) is 18.0 Å². The van der Waals surface area contributed by atoms with Crippen molar-refractivity contribution in [2.45, 2.75) is 18.0 Å². The summed E-state index contributed by atoms with van der Waals surface area (Å²) in [5, 5.41) is -0.00338. The van der Waals surface area contributed by atoms with Gasteiger partial charge in [-0.1, -0.05) is 18.2 Å². The first kappa shape index (κ1) is 13.6. The van der Waals surface area contributed by atoms with Crippen LogP contribution in [0.1, 0.15) is 18.5 Å². The highest BCUT2D eigenvalue weighted by atomic mass is 32.2. The zero-order valence-corrected chi connectivity index (χ0v) is 11.6. The molecule has 3 N–H and O–H groups in total. The molecule has 0 aliphatic rings. The van der Waals surface area contributed by atoms with Gasteiger partial charge < -0.3 is 10.3 Å². The molecule has 2 rings (SSSR count). The summed E-state index contributed by atoms with van der Waals surface area (Å²) in [4.78, 5) is 3.84. The lowest BCUT2D eigenvalue weighted by molar-refractivity contribution is 0.564. The number of nitrogens with one attached hydrogen (secondary N) is 1. The average molecular weight is 280 g/mol. The molecule has 0 saturated carbocycles. The molecule has 1 atom stereocenters. The fourth-order valence-electron chi connectivity index (χ4n) is 1.79. The topological polar surface area (TPSA) is 90.0 Å². The number of sulfonamides is 1. The van der Waals surface area contributed by atoms with E-state index in [1.807, 2.05) is 6.07 Å². The van der Waals surface area contributed by atoms with Gasteiger partial charge in [0.15, 0.2) is 5.03 Å². The first-order valence-corrected chi connectivity index (χ1v) is 7.23. The second-order valence-corrected chi connectivity index (χ2v) is 6.01. The smallest absolute Gasteiger partial charge is 0.260 e. The molecule has 7 heteroatoms. The van der Waals surface area contributed by atoms with Gasteiger partial charge in [-0.2, -0.15) is 0 Å². The van der Waals surface area contributed by atoms with Crippen molar-refractivity contribution >= 4 is 15.7 Å². The number of hydrogen-bond acceptors (Lipinski definition) is 4. The number of nitrogens with two attached hydrogens (primary N) is 1. The molecule has 0 amide bonds. The molecule has 0 bridgehead atoms. The van der Waals surface area contributed by atoms with Gasteiger partial charge in [-0.05, 0) is 18.6 Å². The third kappa shape index (κ3) is 2.94. The van der Waals surface area contributed by atoms with E-state index in [2.05, 4.69) is 9.71 Å². The van der Waals surface area contributed by atoms with Crippen molar-refractivity contribution in [1.29, 1.82) is 0 Å². The van der Waals surface area contributed by atoms with E-state index in [0.29, 0.717) is 5.69 Å². The number of nitrogen functional groups attached to an aromatic ring is 1. The largest absolute Gasteiger partial charge is 0.398 e. The molecule has 0 radical (unpaired) electrons. The zero-order chi connectivity index (χ0) is 14.0. The number of aryl methyl sites for hydroxylation is 1. The SMILES string of the molecule is CC(NS(=O)(=O)c1cn(C)cn1)c1ccccc1N. The van der Waals surface area contributed by atoms with Gasteiger partial charge in [-0.15, -0.1) is 0 Å². The number of aromatic nitrogens is 2. The Balaban J connectivity index is 2.24. The summed E-state index contributed by atoms with van der Waals surface area (Å²) >= 11 is 0. The van der Waals surface area contributed by atoms with Crippen LogP contribution >= 0.6 is 0 Å². The summed E-state index contributed by atoms with van der Waals surface area (Å²) in [5.41, 5.74) is 7.12. The maximum atomic E-state index is 12.1. The highest BCUT2D eigenvalue weighted by molar-refractivity contribution is 7.89. The fourth-order valence-corrected chi connectivity index (χ4v) is 2.99.